The van der Waals surface area contributed by atoms with Crippen LogP contribution in [0.3, 0.4) is 0 Å². The Labute approximate surface area is 50.4 Å². The lowest BCUT2D eigenvalue weighted by Gasteiger charge is -2.05. The van der Waals surface area contributed by atoms with E-state index in [4.69, 9.17) is 0 Å². The van der Waals surface area contributed by atoms with Crippen molar-refractivity contribution < 1.29 is 0 Å². The summed E-state index contributed by atoms with van der Waals surface area (Å²) in [6.45, 7) is 1.99. The molecule has 1 N–H and O–H groups in total. The van der Waals surface area contributed by atoms with Crippen LogP contribution in [0, 0.1) is 0 Å². The van der Waals surface area contributed by atoms with Crippen LogP contribution in [0.15, 0.2) is 0 Å². The average Bonchev–Trinajstić information content (AvgIpc) is 1.61. The molecule has 0 aromatic rings. The van der Waals surface area contributed by atoms with Crippen molar-refractivity contribution in [3.05, 3.63) is 0 Å². The van der Waals surface area contributed by atoms with Crippen molar-refractivity contribution in [1.82, 2.24) is 9.62 Å². The van der Waals surface area contributed by atoms with Crippen LogP contribution in [-0.2, 0) is 0 Å². The highest BCUT2D eigenvalue weighted by molar-refractivity contribution is 7.77. The quantitative estimate of drug-likeness (QED) is 0.509. The third-order valence-corrected chi connectivity index (χ3v) is 0.885. The van der Waals surface area contributed by atoms with Crippen molar-refractivity contribution in [3.63, 3.8) is 0 Å². The van der Waals surface area contributed by atoms with Gasteiger partial charge in [-0.05, 0) is 14.1 Å². The van der Waals surface area contributed by atoms with Gasteiger partial charge in [0.2, 0.25) is 0 Å². The first-order valence-electron chi connectivity index (χ1n) is 2.32. The van der Waals surface area contributed by atoms with E-state index < -0.39 is 0 Å². The number of hydrogen-bond acceptors (Lipinski definition) is 3. The normalized spacial score (nSPS) is 10.3. The molecule has 0 unspecified atom stereocenters. The minimum atomic E-state index is 0.986. The first-order chi connectivity index (χ1) is 3.27. The number of rotatable bonds is 3. The van der Waals surface area contributed by atoms with Crippen molar-refractivity contribution >= 4 is 12.8 Å². The molecule has 0 radical (unpaired) electrons. The Balaban J connectivity index is 2.68. The Morgan fingerprint density at radius 1 is 1.71 bits per heavy atom. The molecule has 0 aliphatic heterocycles. The molecule has 0 rings (SSSR count). The largest absolute Gasteiger partial charge is 0.318 e. The molecule has 3 heteroatoms. The minimum Gasteiger partial charge on any atom is -0.318 e. The summed E-state index contributed by atoms with van der Waals surface area (Å²) in [6, 6.07) is 0. The molecular formula is C4H12N2S. The van der Waals surface area contributed by atoms with E-state index in [1.54, 1.807) is 0 Å². The first-order valence-corrected chi connectivity index (χ1v) is 2.72. The van der Waals surface area contributed by atoms with E-state index in [1.165, 1.54) is 0 Å². The number of likely N-dealkylation sites (N-methyl/N-ethyl adjacent to an activating group) is 2. The summed E-state index contributed by atoms with van der Waals surface area (Å²) >= 11 is 4.03. The molecule has 2 nitrogen and oxygen atoms in total. The maximum absolute atomic E-state index is 4.03. The summed E-state index contributed by atoms with van der Waals surface area (Å²) in [5, 5.41) is 3.01. The Kier molecular flexibility index (Phi) is 4.60. The molecule has 0 aliphatic rings. The zero-order valence-corrected chi connectivity index (χ0v) is 5.70. The molecule has 0 aromatic carbocycles. The second-order valence-electron chi connectivity index (χ2n) is 1.48. The highest BCUT2D eigenvalue weighted by Crippen LogP contribution is 1.80. The van der Waals surface area contributed by atoms with Gasteiger partial charge in [0.05, 0.1) is 0 Å². The van der Waals surface area contributed by atoms with Gasteiger partial charge in [-0.3, -0.25) is 4.31 Å². The smallest absolute Gasteiger partial charge is 0.0209 e. The predicted molar refractivity (Wildman–Crippen MR) is 35.5 cm³/mol. The van der Waals surface area contributed by atoms with Crippen molar-refractivity contribution in [3.8, 4) is 0 Å². The molecule has 44 valence electrons. The molecule has 0 saturated heterocycles. The average molecular weight is 120 g/mol. The van der Waals surface area contributed by atoms with E-state index in [9.17, 15) is 0 Å². The van der Waals surface area contributed by atoms with Crippen LogP contribution >= 0.6 is 12.8 Å². The molecule has 0 aliphatic carbocycles. The summed E-state index contributed by atoms with van der Waals surface area (Å²) in [5.41, 5.74) is 0. The highest BCUT2D eigenvalue weighted by Gasteiger charge is 1.83. The van der Waals surface area contributed by atoms with Crippen molar-refractivity contribution in [2.24, 2.45) is 0 Å². The van der Waals surface area contributed by atoms with Crippen LogP contribution in [0.25, 0.3) is 0 Å². The number of hydrogen-bond donors (Lipinski definition) is 2. The maximum Gasteiger partial charge on any atom is 0.0209 e. The molecule has 0 fully saturated rings. The molecule has 0 saturated carbocycles. The summed E-state index contributed by atoms with van der Waals surface area (Å²) in [6.07, 6.45) is 0. The summed E-state index contributed by atoms with van der Waals surface area (Å²) in [5.74, 6) is 0. The van der Waals surface area contributed by atoms with E-state index in [-0.39, 0.29) is 0 Å². The molecule has 0 atom stereocenters. The van der Waals surface area contributed by atoms with Gasteiger partial charge in [0.1, 0.15) is 0 Å². The first kappa shape index (κ1) is 7.27. The third-order valence-electron chi connectivity index (χ3n) is 0.685. The van der Waals surface area contributed by atoms with Crippen molar-refractivity contribution in [1.29, 1.82) is 0 Å². The van der Waals surface area contributed by atoms with E-state index in [1.807, 2.05) is 18.4 Å². The van der Waals surface area contributed by atoms with Gasteiger partial charge in [-0.15, -0.1) is 0 Å². The molecule has 7 heavy (non-hydrogen) atoms. The lowest BCUT2D eigenvalue weighted by atomic mass is 10.6. The second-order valence-corrected chi connectivity index (χ2v) is 2.17. The van der Waals surface area contributed by atoms with Crippen LogP contribution in [0.5, 0.6) is 0 Å². The van der Waals surface area contributed by atoms with Gasteiger partial charge in [0.15, 0.2) is 0 Å². The zero-order valence-electron chi connectivity index (χ0n) is 4.81. The SMILES string of the molecule is CNCCN(C)S. The van der Waals surface area contributed by atoms with E-state index in [2.05, 4.69) is 18.1 Å². The fourth-order valence-electron chi connectivity index (χ4n) is 0.274. The number of nitrogens with zero attached hydrogens (tertiary/aromatic N) is 1. The van der Waals surface area contributed by atoms with Crippen molar-refractivity contribution in [2.75, 3.05) is 27.2 Å². The lowest BCUT2D eigenvalue weighted by molar-refractivity contribution is 0.555. The van der Waals surface area contributed by atoms with Crippen LogP contribution in [0.1, 0.15) is 0 Å². The van der Waals surface area contributed by atoms with Gasteiger partial charge in [0.25, 0.3) is 0 Å². The van der Waals surface area contributed by atoms with Gasteiger partial charge in [0, 0.05) is 13.1 Å². The standard InChI is InChI=1S/C4H12N2S/c1-5-3-4-6(2)7/h5,7H,3-4H2,1-2H3. The van der Waals surface area contributed by atoms with Crippen LogP contribution < -0.4 is 5.32 Å². The number of nitrogens with one attached hydrogen (secondary N) is 1. The van der Waals surface area contributed by atoms with E-state index in [0.29, 0.717) is 0 Å². The number of thiol groups is 1. The van der Waals surface area contributed by atoms with Crippen LogP contribution in [0.4, 0.5) is 0 Å². The molecular weight excluding hydrogens is 108 g/mol. The second kappa shape index (κ2) is 4.43. The predicted octanol–water partition coefficient (Wildman–Crippen LogP) is -0.0176. The summed E-state index contributed by atoms with van der Waals surface area (Å²) < 4.78 is 1.84. The monoisotopic (exact) mass is 120 g/mol. The molecule has 0 amide bonds. The van der Waals surface area contributed by atoms with E-state index in [0.717, 1.165) is 13.1 Å². The molecule has 0 heterocycles. The van der Waals surface area contributed by atoms with Gasteiger partial charge >= 0.3 is 0 Å². The Bertz CT molecular complexity index is 38.7. The lowest BCUT2D eigenvalue weighted by Crippen LogP contribution is -2.20. The van der Waals surface area contributed by atoms with Gasteiger partial charge < -0.3 is 5.32 Å². The Hall–Kier alpha value is 0.270. The fourth-order valence-corrected chi connectivity index (χ4v) is 0.374. The van der Waals surface area contributed by atoms with Crippen molar-refractivity contribution in [2.45, 2.75) is 0 Å². The van der Waals surface area contributed by atoms with Gasteiger partial charge in [-0.2, -0.15) is 0 Å². The zero-order chi connectivity index (χ0) is 5.70. The van der Waals surface area contributed by atoms with Crippen LogP contribution in [-0.4, -0.2) is 31.5 Å². The third kappa shape index (κ3) is 6.27. The van der Waals surface area contributed by atoms with Gasteiger partial charge in [-0.1, -0.05) is 12.8 Å². The Morgan fingerprint density at radius 3 is 2.43 bits per heavy atom. The Morgan fingerprint density at radius 2 is 2.29 bits per heavy atom. The molecule has 0 spiro atoms. The summed E-state index contributed by atoms with van der Waals surface area (Å²) in [7, 11) is 3.86. The van der Waals surface area contributed by atoms with Gasteiger partial charge in [-0.25, -0.2) is 0 Å². The molecule has 0 aromatic heterocycles. The highest BCUT2D eigenvalue weighted by atomic mass is 32.1. The van der Waals surface area contributed by atoms with Crippen LogP contribution in [0.2, 0.25) is 0 Å². The van der Waals surface area contributed by atoms with E-state index >= 15 is 0 Å². The maximum atomic E-state index is 4.03. The topological polar surface area (TPSA) is 15.3 Å². The molecule has 0 bridgehead atoms. The fraction of sp³-hybridized carbons (Fsp3) is 1.00. The summed E-state index contributed by atoms with van der Waals surface area (Å²) in [4.78, 5) is 0. The minimum absolute atomic E-state index is 0.986.